The van der Waals surface area contributed by atoms with Gasteiger partial charge in [-0.05, 0) is 221 Å². The molecule has 2 aromatic heterocycles. The molecule has 0 radical (unpaired) electrons. The number of imidazole rings is 1. The number of aromatic nitrogens is 3. The number of nitrogens with zero attached hydrogens (tertiary/aromatic N) is 3. The third-order valence-electron chi connectivity index (χ3n) is 24.5. The second-order valence-electron chi connectivity index (χ2n) is 38.1. The van der Waals surface area contributed by atoms with E-state index in [9.17, 15) is 32.4 Å². The molecule has 0 aliphatic carbocycles. The number of sulfonamides is 1. The number of guanidine groups is 1. The molecule has 14 N–H and O–H groups in total. The maximum absolute atomic E-state index is 15.8. The van der Waals surface area contributed by atoms with Gasteiger partial charge in [0.25, 0.3) is 10.0 Å². The molecule has 0 spiro atoms. The fourth-order valence-corrected chi connectivity index (χ4v) is 18.9. The Bertz CT molecular complexity index is 5600. The molecule has 9 atom stereocenters. The maximum Gasteiger partial charge on any atom is 0.407 e. The number of H-pyrrole nitrogens is 1. The van der Waals surface area contributed by atoms with Crippen molar-refractivity contribution >= 4 is 92.1 Å². The van der Waals surface area contributed by atoms with E-state index in [1.807, 2.05) is 154 Å². The number of likely N-dealkylation sites (tertiary alicyclic amines) is 1. The van der Waals surface area contributed by atoms with Crippen molar-refractivity contribution in [1.82, 2.24) is 82.6 Å². The summed E-state index contributed by atoms with van der Waals surface area (Å²) in [6, 6.07) is 31.1. The van der Waals surface area contributed by atoms with Crippen LogP contribution in [0.4, 0.5) is 4.79 Å². The molecular formula is C101H133N17O17S. The quantitative estimate of drug-likeness (QED) is 0.00736. The first kappa shape index (κ1) is 103. The van der Waals surface area contributed by atoms with Crippen LogP contribution in [0, 0.1) is 32.1 Å². The Morgan fingerprint density at radius 1 is 0.603 bits per heavy atom. The highest BCUT2D eigenvalue weighted by molar-refractivity contribution is 7.90. The number of methoxy groups -OCH3 is 1. The van der Waals surface area contributed by atoms with Crippen LogP contribution >= 0.6 is 0 Å². The van der Waals surface area contributed by atoms with Gasteiger partial charge in [-0.2, -0.15) is 0 Å². The first-order valence-corrected chi connectivity index (χ1v) is 48.2. The lowest BCUT2D eigenvalue weighted by atomic mass is 9.77. The number of hydrogen-bond donors (Lipinski definition) is 14. The summed E-state index contributed by atoms with van der Waals surface area (Å²) in [6.07, 6.45) is 5.74. The van der Waals surface area contributed by atoms with E-state index in [1.54, 1.807) is 106 Å². The lowest BCUT2D eigenvalue weighted by Crippen LogP contribution is -2.64. The zero-order valence-electron chi connectivity index (χ0n) is 80.4. The van der Waals surface area contributed by atoms with E-state index < -0.39 is 159 Å². The second-order valence-corrected chi connectivity index (χ2v) is 39.7. The van der Waals surface area contributed by atoms with Crippen LogP contribution in [-0.2, 0) is 98.7 Å². The van der Waals surface area contributed by atoms with E-state index >= 15 is 28.8 Å². The van der Waals surface area contributed by atoms with Crippen LogP contribution in [0.5, 0.6) is 11.5 Å². The molecule has 730 valence electrons. The molecule has 35 heteroatoms. The highest BCUT2D eigenvalue weighted by Gasteiger charge is 2.45. The number of carbonyl (C=O) groups is 11. The molecule has 11 rings (SSSR count). The minimum atomic E-state index is -4.35. The number of amides is 11. The van der Waals surface area contributed by atoms with Crippen LogP contribution in [0.15, 0.2) is 163 Å². The number of ether oxygens (including phenoxy) is 4. The smallest absolute Gasteiger partial charge is 0.407 e. The van der Waals surface area contributed by atoms with Gasteiger partial charge in [-0.15, -0.1) is 0 Å². The largest absolute Gasteiger partial charge is 0.497 e. The monoisotopic (exact) mass is 1890 g/mol. The molecule has 8 aromatic rings. The van der Waals surface area contributed by atoms with Crippen LogP contribution in [0.2, 0.25) is 0 Å². The summed E-state index contributed by atoms with van der Waals surface area (Å²) >= 11 is 0. The van der Waals surface area contributed by atoms with Gasteiger partial charge < -0.3 is 91.9 Å². The molecule has 3 aliphatic rings. The van der Waals surface area contributed by atoms with Crippen LogP contribution in [-0.4, -0.2) is 210 Å². The molecule has 5 heterocycles. The van der Waals surface area contributed by atoms with Gasteiger partial charge in [-0.1, -0.05) is 135 Å². The number of nitrogens with one attached hydrogen (secondary N) is 14. The normalized spacial score (nSPS) is 16.3. The maximum atomic E-state index is 15.8. The summed E-state index contributed by atoms with van der Waals surface area (Å²) in [6.45, 7) is 24.8. The lowest BCUT2D eigenvalue weighted by Gasteiger charge is -2.41. The average molecular weight is 1890 g/mol. The Morgan fingerprint density at radius 3 is 1.74 bits per heavy atom. The minimum Gasteiger partial charge on any atom is -0.497 e. The fourth-order valence-electron chi connectivity index (χ4n) is 17.3. The highest BCUT2D eigenvalue weighted by atomic mass is 32.2. The fraction of sp³-hybridized carbons (Fsp3) is 0.475. The number of para-hydroxylation sites is 1. The van der Waals surface area contributed by atoms with Crippen molar-refractivity contribution in [3.05, 3.63) is 214 Å². The van der Waals surface area contributed by atoms with Gasteiger partial charge in [0.1, 0.15) is 82.6 Å². The van der Waals surface area contributed by atoms with Crippen LogP contribution in [0.1, 0.15) is 196 Å². The highest BCUT2D eigenvalue weighted by Crippen LogP contribution is 2.44. The first-order chi connectivity index (χ1) is 64.5. The zero-order valence-corrected chi connectivity index (χ0v) is 81.2. The molecule has 34 nitrogen and oxygen atoms in total. The summed E-state index contributed by atoms with van der Waals surface area (Å²) in [5.74, 6) is -7.08. The molecule has 0 bridgehead atoms. The third-order valence-corrected chi connectivity index (χ3v) is 26.1. The summed E-state index contributed by atoms with van der Waals surface area (Å²) in [7, 11) is -2.87. The van der Waals surface area contributed by atoms with Crippen molar-refractivity contribution in [3.63, 3.8) is 0 Å². The Labute approximate surface area is 795 Å². The van der Waals surface area contributed by atoms with Gasteiger partial charge in [-0.3, -0.25) is 53.4 Å². The van der Waals surface area contributed by atoms with Gasteiger partial charge in [0, 0.05) is 75.2 Å². The van der Waals surface area contributed by atoms with Gasteiger partial charge in [0.2, 0.25) is 65.0 Å². The van der Waals surface area contributed by atoms with Crippen molar-refractivity contribution in [1.29, 1.82) is 5.41 Å². The van der Waals surface area contributed by atoms with E-state index in [0.717, 1.165) is 22.3 Å². The van der Waals surface area contributed by atoms with Gasteiger partial charge >= 0.3 is 6.09 Å². The minimum absolute atomic E-state index is 0.0190. The number of unbranched alkanes of at least 4 members (excludes halogenated alkanes) is 1. The van der Waals surface area contributed by atoms with E-state index in [1.165, 1.54) is 12.0 Å². The Hall–Kier alpha value is -13.2. The molecule has 136 heavy (non-hydrogen) atoms. The van der Waals surface area contributed by atoms with Crippen LogP contribution in [0.3, 0.4) is 0 Å². The Morgan fingerprint density at radius 2 is 1.15 bits per heavy atom. The molecule has 6 aromatic carbocycles. The second kappa shape index (κ2) is 45.9. The molecule has 11 amide bonds. The number of carbonyl (C=O) groups excluding carboxylic acids is 11. The van der Waals surface area contributed by atoms with Crippen molar-refractivity contribution in [2.45, 2.75) is 268 Å². The predicted octanol–water partition coefficient (Wildman–Crippen LogP) is 8.52. The number of alkyl carbamates (subject to hydrolysis) is 1. The Balaban J connectivity index is 0.874. The zero-order chi connectivity index (χ0) is 98.6. The molecule has 0 unspecified atom stereocenters. The topological polar surface area (TPSA) is 464 Å². The van der Waals surface area contributed by atoms with Gasteiger partial charge in [0.05, 0.1) is 36.2 Å². The van der Waals surface area contributed by atoms with Gasteiger partial charge in [-0.25, -0.2) is 22.9 Å². The van der Waals surface area contributed by atoms with Crippen LogP contribution < -0.4 is 72.7 Å². The van der Waals surface area contributed by atoms with Crippen molar-refractivity contribution < 1.29 is 80.1 Å². The molecule has 2 fully saturated rings. The number of rotatable bonds is 43. The molecule has 0 saturated carbocycles. The SMILES string of the molecule is CCNC(=O)[C@@H]1CCN1C(=O)[C@H](CCCNC(=N)NS(=O)(=O)c1c(C)c(C)c2c(c1C)CCC(C)(C)O2)NC(=O)[C@H](CC(C)C)NC(=O)[C@@H](CCCCNC(=O)OC(C)(C)C)NC(=O)[C@H](Cc1ccc(OC)cc1)NC(=O)[C@H](COC(C)(C)C)NC(=O)[C@H](Cc1c[nH]c2ccccc12)NC(=O)[C@H](Cc1cn(C(c2ccccc2)(c2ccccc2)c2ccccc2)cn1)NC(=O)[C@@H]1CCC(=O)N1. The number of hydrogen-bond acceptors (Lipinski definition) is 19. The number of benzene rings is 6. The standard InChI is InChI=1S/C101H133N17O17S/c1-16-103-94(127)83-48-52-118(83)95(128)77(40-30-51-104-96(102)116-136(130,131)86-63(5)62(4)85-72(64(86)6)47-49-100(13,14)134-85)110-89(122)78(53-61(2)3)111-87(120)75(39-28-29-50-105-97(129)135-99(10,11)12)109-90(123)79(54-65-41-43-71(132-15)44-42-65)112-93(126)82(59-133-98(7,8)9)115-91(124)80(55-66-57-106-74-38-27-26-37-73(66)74)113-92(125)81(114-88(121)76-45-46-84(119)108-76)56-70-58-117(60-107-70)101(67-31-20-17-21-32-67,68-33-22-18-23-34-68)69-35-24-19-25-36-69/h17-27,31-38,41-44,57-58,60-61,75-83,106H,16,28-30,39-40,45-56,59H2,1-15H3,(H,103,127)(H,105,129)(H,108,119)(H,109,123)(H,110,122)(H,111,120)(H,112,126)(H,113,125)(H,114,121)(H,115,124)(H3,102,104,116)/t75-,76+,77+,78+,79+,80+,81+,82+,83+/m1/s1. The van der Waals surface area contributed by atoms with Crippen LogP contribution in [0.25, 0.3) is 10.9 Å². The van der Waals surface area contributed by atoms with Crippen molar-refractivity contribution in [2.75, 3.05) is 39.9 Å². The Kier molecular flexibility index (Phi) is 34.9. The van der Waals surface area contributed by atoms with E-state index in [0.29, 0.717) is 75.2 Å². The number of likely N-dealkylation sites (N-methyl/N-ethyl adjacent to an activating group) is 1. The van der Waals surface area contributed by atoms with E-state index in [4.69, 9.17) is 29.3 Å². The van der Waals surface area contributed by atoms with E-state index in [-0.39, 0.29) is 114 Å². The lowest BCUT2D eigenvalue weighted by molar-refractivity contribution is -0.150. The molecule has 3 aliphatic heterocycles. The van der Waals surface area contributed by atoms with Crippen molar-refractivity contribution in [3.8, 4) is 11.5 Å². The first-order valence-electron chi connectivity index (χ1n) is 46.7. The van der Waals surface area contributed by atoms with Crippen molar-refractivity contribution in [2.24, 2.45) is 5.92 Å². The average Bonchev–Trinajstić information content (AvgIpc) is 1.44. The van der Waals surface area contributed by atoms with E-state index in [2.05, 4.69) is 68.2 Å². The molecule has 2 saturated heterocycles. The molecular weight excluding hydrogens is 1760 g/mol. The third kappa shape index (κ3) is 27.1. The summed E-state index contributed by atoms with van der Waals surface area (Å²) in [4.78, 5) is 172. The van der Waals surface area contributed by atoms with Gasteiger partial charge in [0.15, 0.2) is 0 Å². The summed E-state index contributed by atoms with van der Waals surface area (Å²) < 4.78 is 56.4. The summed E-state index contributed by atoms with van der Waals surface area (Å²) in [5.41, 5.74) is 3.90. The number of fused-ring (bicyclic) bond motifs is 2. The number of aromatic amines is 1. The summed E-state index contributed by atoms with van der Waals surface area (Å²) in [5, 5.41) is 40.7. The predicted molar refractivity (Wildman–Crippen MR) is 515 cm³/mol.